The maximum atomic E-state index is 13.0. The number of nitrogens with one attached hydrogen (secondary N) is 2. The van der Waals surface area contributed by atoms with E-state index in [1.807, 2.05) is 18.7 Å². The molecule has 0 unspecified atom stereocenters. The molecule has 0 bridgehead atoms. The summed E-state index contributed by atoms with van der Waals surface area (Å²) < 4.78 is 39.1. The van der Waals surface area contributed by atoms with Gasteiger partial charge in [-0.05, 0) is 32.0 Å². The lowest BCUT2D eigenvalue weighted by Gasteiger charge is -2.25. The van der Waals surface area contributed by atoms with E-state index in [0.29, 0.717) is 18.8 Å². The zero-order valence-corrected chi connectivity index (χ0v) is 16.5. The molecule has 2 amide bonds. The van der Waals surface area contributed by atoms with Crippen molar-refractivity contribution in [1.82, 2.24) is 5.32 Å². The van der Waals surface area contributed by atoms with Crippen LogP contribution in [0.25, 0.3) is 0 Å². The molecular weight excluding hydrogens is 359 g/mol. The minimum Gasteiger partial charge on any atom is -0.370 e. The van der Waals surface area contributed by atoms with Gasteiger partial charge in [0, 0.05) is 31.5 Å². The Morgan fingerprint density at radius 2 is 1.67 bits per heavy atom. The van der Waals surface area contributed by atoms with Gasteiger partial charge in [0.25, 0.3) is 0 Å². The normalized spacial score (nSPS) is 11.9. The van der Waals surface area contributed by atoms with Crippen molar-refractivity contribution < 1.29 is 22.8 Å². The number of halogens is 3. The molecule has 0 heterocycles. The van der Waals surface area contributed by atoms with Crippen LogP contribution in [0.15, 0.2) is 18.2 Å². The molecule has 0 saturated heterocycles. The summed E-state index contributed by atoms with van der Waals surface area (Å²) >= 11 is 0. The van der Waals surface area contributed by atoms with Gasteiger partial charge in [-0.15, -0.1) is 0 Å². The van der Waals surface area contributed by atoms with Crippen molar-refractivity contribution in [2.24, 2.45) is 5.41 Å². The Balaban J connectivity index is 2.92. The van der Waals surface area contributed by atoms with E-state index in [2.05, 4.69) is 10.6 Å². The molecule has 0 fully saturated rings. The fourth-order valence-electron chi connectivity index (χ4n) is 2.42. The van der Waals surface area contributed by atoms with Crippen LogP contribution in [-0.2, 0) is 15.8 Å². The van der Waals surface area contributed by atoms with Crippen molar-refractivity contribution in [1.29, 1.82) is 0 Å². The van der Waals surface area contributed by atoms with Gasteiger partial charge in [-0.25, -0.2) is 0 Å². The lowest BCUT2D eigenvalue weighted by molar-refractivity contribution is -0.137. The fraction of sp³-hybridized carbons (Fsp3) is 0.579. The fourth-order valence-corrected chi connectivity index (χ4v) is 2.42. The second-order valence-corrected chi connectivity index (χ2v) is 7.21. The Labute approximate surface area is 158 Å². The van der Waals surface area contributed by atoms with Gasteiger partial charge in [-0.3, -0.25) is 9.59 Å². The van der Waals surface area contributed by atoms with Crippen LogP contribution in [0, 0.1) is 5.41 Å². The first-order chi connectivity index (χ1) is 12.4. The first-order valence-electron chi connectivity index (χ1n) is 8.94. The molecular formula is C19H28F3N3O2. The predicted octanol–water partition coefficient (Wildman–Crippen LogP) is 4.04. The molecule has 1 aromatic rings. The molecule has 0 saturated carbocycles. The van der Waals surface area contributed by atoms with Gasteiger partial charge in [0.1, 0.15) is 0 Å². The van der Waals surface area contributed by atoms with E-state index in [4.69, 9.17) is 0 Å². The molecule has 0 aliphatic rings. The smallest absolute Gasteiger partial charge is 0.370 e. The molecule has 152 valence electrons. The van der Waals surface area contributed by atoms with Crippen molar-refractivity contribution in [3.8, 4) is 0 Å². The minimum absolute atomic E-state index is 0.0320. The number of carbonyl (C=O) groups is 2. The molecule has 5 nitrogen and oxygen atoms in total. The third-order valence-electron chi connectivity index (χ3n) is 4.02. The zero-order valence-electron chi connectivity index (χ0n) is 16.5. The first-order valence-corrected chi connectivity index (χ1v) is 8.94. The molecule has 27 heavy (non-hydrogen) atoms. The zero-order chi connectivity index (χ0) is 20.8. The topological polar surface area (TPSA) is 61.4 Å². The maximum absolute atomic E-state index is 13.0. The van der Waals surface area contributed by atoms with Crippen molar-refractivity contribution in [2.45, 2.75) is 47.2 Å². The number of rotatable bonds is 7. The molecule has 1 rings (SSSR count). The lowest BCUT2D eigenvalue weighted by atomic mass is 9.96. The molecule has 0 spiro atoms. The second-order valence-electron chi connectivity index (χ2n) is 7.21. The van der Waals surface area contributed by atoms with Gasteiger partial charge < -0.3 is 15.5 Å². The summed E-state index contributed by atoms with van der Waals surface area (Å²) in [6, 6.07) is 3.32. The highest BCUT2D eigenvalue weighted by Crippen LogP contribution is 2.35. The lowest BCUT2D eigenvalue weighted by Crippen LogP contribution is -2.36. The summed E-state index contributed by atoms with van der Waals surface area (Å²) in [5, 5.41) is 5.20. The molecule has 2 N–H and O–H groups in total. The average Bonchev–Trinajstić information content (AvgIpc) is 2.55. The van der Waals surface area contributed by atoms with Gasteiger partial charge in [-0.1, -0.05) is 20.8 Å². The van der Waals surface area contributed by atoms with Crippen LogP contribution in [-0.4, -0.2) is 31.4 Å². The number of carbonyl (C=O) groups excluding carboxylic acids is 2. The third kappa shape index (κ3) is 6.77. The van der Waals surface area contributed by atoms with Crippen molar-refractivity contribution in [2.75, 3.05) is 29.9 Å². The monoisotopic (exact) mass is 387 g/mol. The number of hydrogen-bond donors (Lipinski definition) is 2. The average molecular weight is 387 g/mol. The van der Waals surface area contributed by atoms with Crippen LogP contribution in [0.5, 0.6) is 0 Å². The highest BCUT2D eigenvalue weighted by molar-refractivity contribution is 5.95. The summed E-state index contributed by atoms with van der Waals surface area (Å²) in [6.07, 6.45) is -4.53. The van der Waals surface area contributed by atoms with E-state index >= 15 is 0 Å². The number of hydrogen-bond acceptors (Lipinski definition) is 3. The summed E-state index contributed by atoms with van der Waals surface area (Å²) in [7, 11) is 0. The van der Waals surface area contributed by atoms with Crippen LogP contribution in [0.3, 0.4) is 0 Å². The molecule has 0 aliphatic carbocycles. The van der Waals surface area contributed by atoms with Crippen molar-refractivity contribution >= 4 is 23.2 Å². The maximum Gasteiger partial charge on any atom is 0.416 e. The summed E-state index contributed by atoms with van der Waals surface area (Å²) in [5.41, 5.74) is -0.761. The molecule has 0 aromatic heterocycles. The molecule has 0 atom stereocenters. The first kappa shape index (κ1) is 22.8. The molecule has 8 heteroatoms. The van der Waals surface area contributed by atoms with Gasteiger partial charge in [0.2, 0.25) is 11.8 Å². The van der Waals surface area contributed by atoms with E-state index in [9.17, 15) is 22.8 Å². The van der Waals surface area contributed by atoms with Crippen molar-refractivity contribution in [3.63, 3.8) is 0 Å². The summed E-state index contributed by atoms with van der Waals surface area (Å²) in [4.78, 5) is 25.9. The summed E-state index contributed by atoms with van der Waals surface area (Å²) in [6.45, 7) is 10.3. The van der Waals surface area contributed by atoms with Gasteiger partial charge in [0.05, 0.1) is 16.9 Å². The van der Waals surface area contributed by atoms with E-state index in [-0.39, 0.29) is 24.6 Å². The van der Waals surface area contributed by atoms with Gasteiger partial charge in [0.15, 0.2) is 0 Å². The highest BCUT2D eigenvalue weighted by Gasteiger charge is 2.31. The Hall–Kier alpha value is -2.25. The molecule has 0 radical (unpaired) electrons. The van der Waals surface area contributed by atoms with Gasteiger partial charge >= 0.3 is 6.18 Å². The van der Waals surface area contributed by atoms with Crippen molar-refractivity contribution in [3.05, 3.63) is 23.8 Å². The SMILES string of the molecule is CCN(CC)c1ccc(C(F)(F)F)cc1NC(=O)CCNC(=O)C(C)(C)C. The Bertz CT molecular complexity index is 663. The summed E-state index contributed by atoms with van der Waals surface area (Å²) in [5.74, 6) is -0.657. The van der Waals surface area contributed by atoms with Crippen LogP contribution >= 0.6 is 0 Å². The van der Waals surface area contributed by atoms with Crippen LogP contribution in [0.2, 0.25) is 0 Å². The van der Waals surface area contributed by atoms with E-state index in [1.165, 1.54) is 6.07 Å². The van der Waals surface area contributed by atoms with Gasteiger partial charge in [-0.2, -0.15) is 13.2 Å². The number of benzene rings is 1. The number of nitrogens with zero attached hydrogens (tertiary/aromatic N) is 1. The number of amides is 2. The van der Waals surface area contributed by atoms with E-state index < -0.39 is 23.1 Å². The third-order valence-corrected chi connectivity index (χ3v) is 4.02. The van der Waals surface area contributed by atoms with E-state index in [0.717, 1.165) is 12.1 Å². The quantitative estimate of drug-likeness (QED) is 0.742. The Kier molecular flexibility index (Phi) is 7.68. The molecule has 1 aromatic carbocycles. The number of anilines is 2. The predicted molar refractivity (Wildman–Crippen MR) is 101 cm³/mol. The largest absolute Gasteiger partial charge is 0.416 e. The highest BCUT2D eigenvalue weighted by atomic mass is 19.4. The van der Waals surface area contributed by atoms with E-state index in [1.54, 1.807) is 20.8 Å². The van der Waals surface area contributed by atoms with Crippen LogP contribution in [0.4, 0.5) is 24.5 Å². The minimum atomic E-state index is -4.50. The second kappa shape index (κ2) is 9.10. The number of alkyl halides is 3. The van der Waals surface area contributed by atoms with Crippen LogP contribution < -0.4 is 15.5 Å². The Morgan fingerprint density at radius 3 is 2.15 bits per heavy atom. The molecule has 0 aliphatic heterocycles. The van der Waals surface area contributed by atoms with Crippen LogP contribution in [0.1, 0.15) is 46.6 Å². The standard InChI is InChI=1S/C19H28F3N3O2/c1-6-25(7-2)15-9-8-13(19(20,21)22)12-14(15)24-16(26)10-11-23-17(27)18(3,4)5/h8-9,12H,6-7,10-11H2,1-5H3,(H,23,27)(H,24,26). The Morgan fingerprint density at radius 1 is 1.07 bits per heavy atom.